The highest BCUT2D eigenvalue weighted by atomic mass is 16.6. The third-order valence-corrected chi connectivity index (χ3v) is 5.83. The number of fused-ring (bicyclic) bond motifs is 2. The van der Waals surface area contributed by atoms with Crippen molar-refractivity contribution in [1.82, 2.24) is 24.4 Å². The molecule has 0 aromatic carbocycles. The van der Waals surface area contributed by atoms with E-state index in [-0.39, 0.29) is 5.60 Å². The van der Waals surface area contributed by atoms with E-state index in [1.54, 1.807) is 12.7 Å². The summed E-state index contributed by atoms with van der Waals surface area (Å²) < 4.78 is 8.22. The summed E-state index contributed by atoms with van der Waals surface area (Å²) in [5.41, 5.74) is 7.14. The first kappa shape index (κ1) is 15.2. The summed E-state index contributed by atoms with van der Waals surface area (Å²) in [5, 5.41) is 0. The minimum absolute atomic E-state index is 0.160. The van der Waals surface area contributed by atoms with Gasteiger partial charge in [-0.2, -0.15) is 0 Å². The zero-order valence-corrected chi connectivity index (χ0v) is 14.4. The average Bonchev–Trinajstić information content (AvgIpc) is 3.20. The molecule has 6 rings (SSSR count). The Hall–Kier alpha value is -2.03. The van der Waals surface area contributed by atoms with Crippen molar-refractivity contribution in [3.05, 3.63) is 30.6 Å². The molecule has 0 radical (unpaired) electrons. The van der Waals surface area contributed by atoms with Crippen LogP contribution in [0.25, 0.3) is 5.82 Å². The zero-order valence-electron chi connectivity index (χ0n) is 14.4. The van der Waals surface area contributed by atoms with E-state index in [1.165, 1.54) is 25.9 Å². The third-order valence-electron chi connectivity index (χ3n) is 5.83. The lowest BCUT2D eigenvalue weighted by atomic mass is 9.75. The number of nitrogens with two attached hydrogens (primary N) is 1. The van der Waals surface area contributed by atoms with Crippen LogP contribution in [0.5, 0.6) is 0 Å². The quantitative estimate of drug-likeness (QED) is 0.852. The van der Waals surface area contributed by atoms with E-state index < -0.39 is 6.35 Å². The summed E-state index contributed by atoms with van der Waals surface area (Å²) in [5.74, 6) is 2.18. The molecule has 2 N–H and O–H groups in total. The van der Waals surface area contributed by atoms with Crippen LogP contribution in [-0.2, 0) is 4.74 Å². The summed E-state index contributed by atoms with van der Waals surface area (Å²) in [7, 11) is 0. The third kappa shape index (κ3) is 2.44. The van der Waals surface area contributed by atoms with E-state index in [2.05, 4.69) is 24.8 Å². The Morgan fingerprint density at radius 3 is 2.64 bits per heavy atom. The molecule has 2 unspecified atom stereocenters. The molecule has 2 aromatic heterocycles. The Morgan fingerprint density at radius 1 is 1.16 bits per heavy atom. The van der Waals surface area contributed by atoms with Crippen molar-refractivity contribution in [2.75, 3.05) is 31.1 Å². The Balaban J connectivity index is 1.44. The molecule has 4 aliphatic rings. The minimum atomic E-state index is -0.465. The molecule has 25 heavy (non-hydrogen) atoms. The van der Waals surface area contributed by atoms with E-state index in [9.17, 15) is 0 Å². The van der Waals surface area contributed by atoms with Gasteiger partial charge in [-0.3, -0.25) is 10.3 Å². The SMILES string of the molecule is Cc1cn(-c2cc(N3CC4(CN5CCC4CC5)OC3N)ncn2)cn1. The maximum absolute atomic E-state index is 6.35. The van der Waals surface area contributed by atoms with Crippen molar-refractivity contribution in [3.8, 4) is 5.82 Å². The zero-order chi connectivity index (χ0) is 17.0. The van der Waals surface area contributed by atoms with Gasteiger partial charge in [-0.1, -0.05) is 0 Å². The van der Waals surface area contributed by atoms with Gasteiger partial charge in [-0.15, -0.1) is 0 Å². The van der Waals surface area contributed by atoms with E-state index >= 15 is 0 Å². The molecular formula is C17H23N7O. The second kappa shape index (κ2) is 5.48. The number of ether oxygens (including phenoxy) is 1. The van der Waals surface area contributed by atoms with Crippen molar-refractivity contribution in [3.63, 3.8) is 0 Å². The van der Waals surface area contributed by atoms with Crippen LogP contribution in [0.1, 0.15) is 18.5 Å². The lowest BCUT2D eigenvalue weighted by Crippen LogP contribution is -2.61. The van der Waals surface area contributed by atoms with Crippen molar-refractivity contribution in [2.24, 2.45) is 11.7 Å². The molecule has 0 saturated carbocycles. The van der Waals surface area contributed by atoms with Crippen LogP contribution in [0.15, 0.2) is 24.9 Å². The molecule has 2 aromatic rings. The number of anilines is 1. The molecule has 1 spiro atoms. The highest BCUT2D eigenvalue weighted by Crippen LogP contribution is 2.43. The number of imidazole rings is 1. The fourth-order valence-electron chi connectivity index (χ4n) is 4.55. The number of hydrogen-bond donors (Lipinski definition) is 1. The monoisotopic (exact) mass is 341 g/mol. The maximum Gasteiger partial charge on any atom is 0.186 e. The Morgan fingerprint density at radius 2 is 1.96 bits per heavy atom. The van der Waals surface area contributed by atoms with Gasteiger partial charge >= 0.3 is 0 Å². The molecular weight excluding hydrogens is 318 g/mol. The molecule has 0 amide bonds. The Kier molecular flexibility index (Phi) is 3.34. The summed E-state index contributed by atoms with van der Waals surface area (Å²) in [6, 6.07) is 1.95. The lowest BCUT2D eigenvalue weighted by molar-refractivity contribution is -0.137. The predicted octanol–water partition coefficient (Wildman–Crippen LogP) is 0.514. The standard InChI is InChI=1S/C17H23N7O/c1-12-7-23(11-21-12)14-6-15(20-10-19-14)24-9-17(25-16(24)18)8-22-4-2-13(17)3-5-22/h6-7,10-11,13,16H,2-5,8-9,18H2,1H3. The van der Waals surface area contributed by atoms with Crippen LogP contribution in [0.2, 0.25) is 0 Å². The minimum Gasteiger partial charge on any atom is -0.335 e. The first-order chi connectivity index (χ1) is 12.1. The maximum atomic E-state index is 6.35. The number of nitrogens with zero attached hydrogens (tertiary/aromatic N) is 6. The van der Waals surface area contributed by atoms with Gasteiger partial charge in [-0.05, 0) is 38.8 Å². The first-order valence-electron chi connectivity index (χ1n) is 8.88. The topological polar surface area (TPSA) is 85.3 Å². The van der Waals surface area contributed by atoms with Crippen LogP contribution in [-0.4, -0.2) is 62.6 Å². The van der Waals surface area contributed by atoms with Gasteiger partial charge < -0.3 is 14.5 Å². The van der Waals surface area contributed by atoms with Gasteiger partial charge in [0, 0.05) is 18.8 Å². The normalized spacial score (nSPS) is 34.2. The predicted molar refractivity (Wildman–Crippen MR) is 92.2 cm³/mol. The fraction of sp³-hybridized carbons (Fsp3) is 0.588. The highest BCUT2D eigenvalue weighted by molar-refractivity contribution is 5.45. The van der Waals surface area contributed by atoms with E-state index in [1.807, 2.05) is 23.8 Å². The van der Waals surface area contributed by atoms with Gasteiger partial charge in [0.25, 0.3) is 0 Å². The van der Waals surface area contributed by atoms with Crippen molar-refractivity contribution >= 4 is 5.82 Å². The molecule has 6 heterocycles. The first-order valence-corrected chi connectivity index (χ1v) is 8.88. The molecule has 4 saturated heterocycles. The van der Waals surface area contributed by atoms with Gasteiger partial charge in [0.1, 0.15) is 29.9 Å². The Bertz CT molecular complexity index is 785. The molecule has 2 bridgehead atoms. The number of piperidine rings is 3. The summed E-state index contributed by atoms with van der Waals surface area (Å²) in [4.78, 5) is 17.6. The van der Waals surface area contributed by atoms with Crippen LogP contribution in [0.4, 0.5) is 5.82 Å². The lowest BCUT2D eigenvalue weighted by Gasteiger charge is -2.50. The second-order valence-corrected chi connectivity index (χ2v) is 7.41. The number of rotatable bonds is 2. The molecule has 4 fully saturated rings. The smallest absolute Gasteiger partial charge is 0.186 e. The Labute approximate surface area is 146 Å². The van der Waals surface area contributed by atoms with Gasteiger partial charge in [-0.25, -0.2) is 15.0 Å². The van der Waals surface area contributed by atoms with E-state index in [0.717, 1.165) is 30.4 Å². The largest absolute Gasteiger partial charge is 0.335 e. The molecule has 132 valence electrons. The van der Waals surface area contributed by atoms with Crippen LogP contribution in [0.3, 0.4) is 0 Å². The van der Waals surface area contributed by atoms with Crippen LogP contribution in [0, 0.1) is 12.8 Å². The van der Waals surface area contributed by atoms with Crippen molar-refractivity contribution < 1.29 is 4.74 Å². The summed E-state index contributed by atoms with van der Waals surface area (Å²) >= 11 is 0. The van der Waals surface area contributed by atoms with E-state index in [4.69, 9.17) is 10.5 Å². The molecule has 8 nitrogen and oxygen atoms in total. The van der Waals surface area contributed by atoms with Crippen molar-refractivity contribution in [2.45, 2.75) is 31.7 Å². The van der Waals surface area contributed by atoms with Gasteiger partial charge in [0.05, 0.1) is 12.2 Å². The molecule has 0 aliphatic carbocycles. The fourth-order valence-corrected chi connectivity index (χ4v) is 4.55. The highest BCUT2D eigenvalue weighted by Gasteiger charge is 2.54. The van der Waals surface area contributed by atoms with Crippen LogP contribution < -0.4 is 10.6 Å². The number of aryl methyl sites for hydroxylation is 1. The van der Waals surface area contributed by atoms with Gasteiger partial charge in [0.15, 0.2) is 6.35 Å². The van der Waals surface area contributed by atoms with Crippen molar-refractivity contribution in [1.29, 1.82) is 0 Å². The average molecular weight is 341 g/mol. The molecule has 8 heteroatoms. The summed E-state index contributed by atoms with van der Waals surface area (Å²) in [6.45, 7) is 6.08. The molecule has 4 aliphatic heterocycles. The number of aromatic nitrogens is 4. The molecule has 2 atom stereocenters. The van der Waals surface area contributed by atoms with Crippen LogP contribution >= 0.6 is 0 Å². The number of hydrogen-bond acceptors (Lipinski definition) is 7. The van der Waals surface area contributed by atoms with E-state index in [0.29, 0.717) is 5.92 Å². The van der Waals surface area contributed by atoms with Gasteiger partial charge in [0.2, 0.25) is 0 Å². The second-order valence-electron chi connectivity index (χ2n) is 7.41. The summed E-state index contributed by atoms with van der Waals surface area (Å²) in [6.07, 6.45) is 7.22.